The Bertz CT molecular complexity index is 347. The standard InChI is InChI=1S/C10H12ClFOS/c1-10(2,13)7-4-6(11)5-8(14-3)9(7)12/h4-5,13H,1-3H3. The summed E-state index contributed by atoms with van der Waals surface area (Å²) >= 11 is 7.08. The molecule has 4 heteroatoms. The van der Waals surface area contributed by atoms with Crippen LogP contribution in [0.4, 0.5) is 4.39 Å². The summed E-state index contributed by atoms with van der Waals surface area (Å²) in [6, 6.07) is 3.01. The van der Waals surface area contributed by atoms with Gasteiger partial charge in [-0.2, -0.15) is 0 Å². The third-order valence-corrected chi connectivity index (χ3v) is 2.84. The molecule has 0 spiro atoms. The molecular formula is C10H12ClFOS. The van der Waals surface area contributed by atoms with Crippen molar-refractivity contribution in [2.45, 2.75) is 24.3 Å². The number of halogens is 2. The number of rotatable bonds is 2. The molecule has 0 saturated carbocycles. The highest BCUT2D eigenvalue weighted by molar-refractivity contribution is 7.98. The number of aliphatic hydroxyl groups is 1. The first-order valence-electron chi connectivity index (χ1n) is 4.12. The maximum absolute atomic E-state index is 13.7. The van der Waals surface area contributed by atoms with Gasteiger partial charge in [0.1, 0.15) is 5.82 Å². The van der Waals surface area contributed by atoms with Crippen LogP contribution in [0.15, 0.2) is 17.0 Å². The van der Waals surface area contributed by atoms with Crippen molar-refractivity contribution in [2.24, 2.45) is 0 Å². The third-order valence-electron chi connectivity index (χ3n) is 1.88. The summed E-state index contributed by atoms with van der Waals surface area (Å²) in [5.74, 6) is -0.394. The van der Waals surface area contributed by atoms with Crippen molar-refractivity contribution in [3.8, 4) is 0 Å². The molecule has 14 heavy (non-hydrogen) atoms. The highest BCUT2D eigenvalue weighted by Crippen LogP contribution is 2.32. The number of hydrogen-bond donors (Lipinski definition) is 1. The van der Waals surface area contributed by atoms with Crippen molar-refractivity contribution in [3.63, 3.8) is 0 Å². The molecule has 1 rings (SSSR count). The lowest BCUT2D eigenvalue weighted by molar-refractivity contribution is 0.0740. The van der Waals surface area contributed by atoms with Gasteiger partial charge in [-0.05, 0) is 32.2 Å². The maximum Gasteiger partial charge on any atom is 0.142 e. The van der Waals surface area contributed by atoms with Crippen molar-refractivity contribution < 1.29 is 9.50 Å². The predicted octanol–water partition coefficient (Wildman–Crippen LogP) is 3.43. The van der Waals surface area contributed by atoms with Crippen LogP contribution in [-0.4, -0.2) is 11.4 Å². The fourth-order valence-corrected chi connectivity index (χ4v) is 1.97. The van der Waals surface area contributed by atoms with Gasteiger partial charge in [0.25, 0.3) is 0 Å². The summed E-state index contributed by atoms with van der Waals surface area (Å²) in [6.45, 7) is 3.07. The molecule has 0 aliphatic rings. The summed E-state index contributed by atoms with van der Waals surface area (Å²) in [7, 11) is 0. The fourth-order valence-electron chi connectivity index (χ4n) is 1.16. The van der Waals surface area contributed by atoms with Gasteiger partial charge in [0.2, 0.25) is 0 Å². The Morgan fingerprint density at radius 1 is 1.43 bits per heavy atom. The van der Waals surface area contributed by atoms with Crippen LogP contribution in [0.2, 0.25) is 5.02 Å². The molecule has 0 amide bonds. The Kier molecular flexibility index (Phi) is 3.45. The second-order valence-corrected chi connectivity index (χ2v) is 4.81. The topological polar surface area (TPSA) is 20.2 Å². The zero-order chi connectivity index (χ0) is 10.9. The average Bonchev–Trinajstić information content (AvgIpc) is 2.06. The quantitative estimate of drug-likeness (QED) is 0.792. The summed E-state index contributed by atoms with van der Waals surface area (Å²) in [6.07, 6.45) is 1.77. The van der Waals surface area contributed by atoms with Crippen molar-refractivity contribution in [2.75, 3.05) is 6.26 Å². The molecule has 0 fully saturated rings. The van der Waals surface area contributed by atoms with Crippen molar-refractivity contribution in [1.82, 2.24) is 0 Å². The Labute approximate surface area is 92.3 Å². The van der Waals surface area contributed by atoms with Gasteiger partial charge in [0.05, 0.1) is 5.60 Å². The van der Waals surface area contributed by atoms with E-state index in [9.17, 15) is 9.50 Å². The highest BCUT2D eigenvalue weighted by Gasteiger charge is 2.23. The lowest BCUT2D eigenvalue weighted by Gasteiger charge is -2.20. The van der Waals surface area contributed by atoms with Crippen LogP contribution in [0.3, 0.4) is 0 Å². The van der Waals surface area contributed by atoms with Crippen LogP contribution in [0.5, 0.6) is 0 Å². The number of thioether (sulfide) groups is 1. The van der Waals surface area contributed by atoms with Crippen LogP contribution in [0.1, 0.15) is 19.4 Å². The van der Waals surface area contributed by atoms with Crippen LogP contribution in [-0.2, 0) is 5.60 Å². The van der Waals surface area contributed by atoms with Crippen LogP contribution >= 0.6 is 23.4 Å². The Morgan fingerprint density at radius 2 is 2.00 bits per heavy atom. The zero-order valence-corrected chi connectivity index (χ0v) is 9.84. The van der Waals surface area contributed by atoms with E-state index in [1.54, 1.807) is 12.3 Å². The molecule has 0 bridgehead atoms. The smallest absolute Gasteiger partial charge is 0.142 e. The monoisotopic (exact) mass is 234 g/mol. The average molecular weight is 235 g/mol. The van der Waals surface area contributed by atoms with Crippen LogP contribution in [0, 0.1) is 5.82 Å². The summed E-state index contributed by atoms with van der Waals surface area (Å²) in [5, 5.41) is 10.1. The molecule has 1 aromatic carbocycles. The highest BCUT2D eigenvalue weighted by atomic mass is 35.5. The van der Waals surface area contributed by atoms with Gasteiger partial charge >= 0.3 is 0 Å². The van der Waals surface area contributed by atoms with E-state index in [0.717, 1.165) is 0 Å². The first-order chi connectivity index (χ1) is 6.36. The van der Waals surface area contributed by atoms with Crippen LogP contribution < -0.4 is 0 Å². The van der Waals surface area contributed by atoms with Gasteiger partial charge in [0, 0.05) is 15.5 Å². The molecule has 0 saturated heterocycles. The molecule has 0 aliphatic heterocycles. The second kappa shape index (κ2) is 4.09. The van der Waals surface area contributed by atoms with E-state index in [0.29, 0.717) is 9.92 Å². The minimum atomic E-state index is -1.21. The van der Waals surface area contributed by atoms with Crippen molar-refractivity contribution in [3.05, 3.63) is 28.5 Å². The third kappa shape index (κ3) is 2.41. The molecule has 0 atom stereocenters. The lowest BCUT2D eigenvalue weighted by Crippen LogP contribution is -2.18. The molecule has 0 aliphatic carbocycles. The minimum Gasteiger partial charge on any atom is -0.386 e. The van der Waals surface area contributed by atoms with Gasteiger partial charge in [0.15, 0.2) is 0 Å². The van der Waals surface area contributed by atoms with E-state index in [-0.39, 0.29) is 5.56 Å². The van der Waals surface area contributed by atoms with Gasteiger partial charge in [-0.15, -0.1) is 11.8 Å². The first kappa shape index (κ1) is 11.8. The summed E-state index contributed by atoms with van der Waals surface area (Å²) in [5.41, 5.74) is -0.978. The SMILES string of the molecule is CSc1cc(Cl)cc(C(C)(C)O)c1F. The largest absolute Gasteiger partial charge is 0.386 e. The van der Waals surface area contributed by atoms with Gasteiger partial charge in [-0.25, -0.2) is 4.39 Å². The molecule has 0 radical (unpaired) electrons. The summed E-state index contributed by atoms with van der Waals surface area (Å²) in [4.78, 5) is 0.453. The van der Waals surface area contributed by atoms with Crippen LogP contribution in [0.25, 0.3) is 0 Å². The molecule has 0 aromatic heterocycles. The van der Waals surface area contributed by atoms with Gasteiger partial charge in [-0.3, -0.25) is 0 Å². The van der Waals surface area contributed by atoms with Crippen molar-refractivity contribution in [1.29, 1.82) is 0 Å². The molecule has 1 aromatic rings. The van der Waals surface area contributed by atoms with E-state index in [4.69, 9.17) is 11.6 Å². The van der Waals surface area contributed by atoms with Gasteiger partial charge < -0.3 is 5.11 Å². The van der Waals surface area contributed by atoms with E-state index in [1.807, 2.05) is 0 Å². The zero-order valence-electron chi connectivity index (χ0n) is 8.27. The minimum absolute atomic E-state index is 0.231. The molecule has 0 heterocycles. The maximum atomic E-state index is 13.7. The molecule has 78 valence electrons. The predicted molar refractivity (Wildman–Crippen MR) is 58.4 cm³/mol. The van der Waals surface area contributed by atoms with E-state index >= 15 is 0 Å². The Balaban J connectivity index is 3.37. The molecule has 1 nitrogen and oxygen atoms in total. The Morgan fingerprint density at radius 3 is 2.43 bits per heavy atom. The molecular weight excluding hydrogens is 223 g/mol. The van der Waals surface area contributed by atoms with E-state index in [1.165, 1.54) is 31.7 Å². The number of benzene rings is 1. The normalized spacial score (nSPS) is 11.9. The van der Waals surface area contributed by atoms with Crippen molar-refractivity contribution >= 4 is 23.4 Å². The second-order valence-electron chi connectivity index (χ2n) is 3.53. The number of hydrogen-bond acceptors (Lipinski definition) is 2. The fraction of sp³-hybridized carbons (Fsp3) is 0.400. The molecule has 1 N–H and O–H groups in total. The Hall–Kier alpha value is -0.250. The van der Waals surface area contributed by atoms with Gasteiger partial charge in [-0.1, -0.05) is 11.6 Å². The van der Waals surface area contributed by atoms with E-state index in [2.05, 4.69) is 0 Å². The lowest BCUT2D eigenvalue weighted by atomic mass is 9.98. The summed E-state index contributed by atoms with van der Waals surface area (Å²) < 4.78 is 13.7. The van der Waals surface area contributed by atoms with E-state index < -0.39 is 11.4 Å². The first-order valence-corrected chi connectivity index (χ1v) is 5.72. The molecule has 0 unspecified atom stereocenters.